The minimum Gasteiger partial charge on any atom is -0.497 e. The molecule has 2 atom stereocenters. The van der Waals surface area contributed by atoms with E-state index in [4.69, 9.17) is 10.5 Å². The maximum atomic E-state index is 11.9. The summed E-state index contributed by atoms with van der Waals surface area (Å²) >= 11 is 0. The molecule has 0 saturated heterocycles. The number of amides is 1. The zero-order valence-electron chi connectivity index (χ0n) is 12.6. The minimum absolute atomic E-state index is 0. The van der Waals surface area contributed by atoms with Gasteiger partial charge in [-0.15, -0.1) is 12.4 Å². The van der Waals surface area contributed by atoms with E-state index in [1.54, 1.807) is 7.11 Å². The molecular formula is C15H25ClN2O2. The Morgan fingerprint density at radius 1 is 1.40 bits per heavy atom. The largest absolute Gasteiger partial charge is 0.497 e. The van der Waals surface area contributed by atoms with E-state index in [2.05, 4.69) is 5.32 Å². The third kappa shape index (κ3) is 5.39. The molecule has 114 valence electrons. The van der Waals surface area contributed by atoms with Crippen LogP contribution < -0.4 is 15.8 Å². The highest BCUT2D eigenvalue weighted by Crippen LogP contribution is 2.16. The first kappa shape index (κ1) is 18.7. The molecule has 1 aromatic carbocycles. The maximum absolute atomic E-state index is 11.9. The number of nitrogens with one attached hydrogen (secondary N) is 1. The second-order valence-electron chi connectivity index (χ2n) is 4.99. The summed E-state index contributed by atoms with van der Waals surface area (Å²) in [6, 6.07) is 5.45. The molecular weight excluding hydrogens is 276 g/mol. The average Bonchev–Trinajstić information content (AvgIpc) is 2.42. The highest BCUT2D eigenvalue weighted by atomic mass is 35.5. The summed E-state index contributed by atoms with van der Waals surface area (Å²) in [6.45, 7) is 6.49. The van der Waals surface area contributed by atoms with Gasteiger partial charge in [0, 0.05) is 6.54 Å². The third-order valence-electron chi connectivity index (χ3n) is 3.37. The Kier molecular flexibility index (Phi) is 8.26. The molecule has 0 aromatic heterocycles. The van der Waals surface area contributed by atoms with Crippen molar-refractivity contribution in [2.24, 2.45) is 11.7 Å². The van der Waals surface area contributed by atoms with Crippen LogP contribution in [0.1, 0.15) is 31.4 Å². The second kappa shape index (κ2) is 8.82. The fourth-order valence-electron chi connectivity index (χ4n) is 1.86. The van der Waals surface area contributed by atoms with Crippen LogP contribution in [0.25, 0.3) is 0 Å². The van der Waals surface area contributed by atoms with Gasteiger partial charge in [-0.3, -0.25) is 4.79 Å². The lowest BCUT2D eigenvalue weighted by Gasteiger charge is -2.18. The Hall–Kier alpha value is -1.26. The zero-order chi connectivity index (χ0) is 14.4. The monoisotopic (exact) mass is 300 g/mol. The number of hydrogen-bond donors (Lipinski definition) is 2. The fraction of sp³-hybridized carbons (Fsp3) is 0.533. The predicted octanol–water partition coefficient (Wildman–Crippen LogP) is 2.42. The molecule has 0 aliphatic carbocycles. The Bertz CT molecular complexity index is 438. The van der Waals surface area contributed by atoms with Crippen LogP contribution in [0.2, 0.25) is 0 Å². The van der Waals surface area contributed by atoms with Gasteiger partial charge in [0.2, 0.25) is 5.91 Å². The predicted molar refractivity (Wildman–Crippen MR) is 84.3 cm³/mol. The Morgan fingerprint density at radius 2 is 2.05 bits per heavy atom. The van der Waals surface area contributed by atoms with E-state index in [1.165, 1.54) is 0 Å². The van der Waals surface area contributed by atoms with Gasteiger partial charge in [0.1, 0.15) is 5.75 Å². The van der Waals surface area contributed by atoms with Crippen LogP contribution in [0, 0.1) is 12.8 Å². The zero-order valence-corrected chi connectivity index (χ0v) is 13.4. The van der Waals surface area contributed by atoms with E-state index in [1.807, 2.05) is 39.0 Å². The van der Waals surface area contributed by atoms with Crippen LogP contribution in [-0.4, -0.2) is 19.1 Å². The second-order valence-corrected chi connectivity index (χ2v) is 4.99. The van der Waals surface area contributed by atoms with E-state index >= 15 is 0 Å². The van der Waals surface area contributed by atoms with Gasteiger partial charge in [0.15, 0.2) is 0 Å². The van der Waals surface area contributed by atoms with Crippen molar-refractivity contribution in [2.45, 2.75) is 39.8 Å². The van der Waals surface area contributed by atoms with E-state index in [0.717, 1.165) is 23.3 Å². The molecule has 0 radical (unpaired) electrons. The molecule has 0 fully saturated rings. The highest BCUT2D eigenvalue weighted by molar-refractivity contribution is 5.85. The summed E-state index contributed by atoms with van der Waals surface area (Å²) in [7, 11) is 1.63. The van der Waals surface area contributed by atoms with Gasteiger partial charge in [0.05, 0.1) is 13.2 Å². The van der Waals surface area contributed by atoms with Crippen LogP contribution in [0.15, 0.2) is 18.2 Å². The van der Waals surface area contributed by atoms with Crippen LogP contribution in [0.4, 0.5) is 0 Å². The van der Waals surface area contributed by atoms with Gasteiger partial charge in [0.25, 0.3) is 0 Å². The highest BCUT2D eigenvalue weighted by Gasteiger charge is 2.18. The normalized spacial score (nSPS) is 13.1. The molecule has 0 spiro atoms. The Balaban J connectivity index is 0.00000361. The molecule has 5 heteroatoms. The van der Waals surface area contributed by atoms with Crippen molar-refractivity contribution in [3.05, 3.63) is 29.3 Å². The number of halogens is 1. The minimum atomic E-state index is -0.447. The standard InChI is InChI=1S/C15H24N2O2.ClH/c1-5-11(3)14(16)15(18)17-9-12-6-10(2)7-13(8-12)19-4;/h6-8,11,14H,5,9,16H2,1-4H3,(H,17,18);1H. The molecule has 0 heterocycles. The van der Waals surface area contributed by atoms with Crippen molar-refractivity contribution in [2.75, 3.05) is 7.11 Å². The smallest absolute Gasteiger partial charge is 0.237 e. The summed E-state index contributed by atoms with van der Waals surface area (Å²) in [4.78, 5) is 11.9. The fourth-order valence-corrected chi connectivity index (χ4v) is 1.86. The number of benzene rings is 1. The third-order valence-corrected chi connectivity index (χ3v) is 3.37. The number of aryl methyl sites for hydroxylation is 1. The van der Waals surface area contributed by atoms with Crippen LogP contribution in [-0.2, 0) is 11.3 Å². The lowest BCUT2D eigenvalue weighted by molar-refractivity contribution is -0.123. The average molecular weight is 301 g/mol. The molecule has 1 rings (SSSR count). The summed E-state index contributed by atoms with van der Waals surface area (Å²) in [5.74, 6) is 0.886. The molecule has 0 bridgehead atoms. The summed E-state index contributed by atoms with van der Waals surface area (Å²) in [5, 5.41) is 2.87. The Morgan fingerprint density at radius 3 is 2.60 bits per heavy atom. The molecule has 0 aliphatic rings. The number of carbonyl (C=O) groups is 1. The van der Waals surface area contributed by atoms with E-state index < -0.39 is 6.04 Å². The number of methoxy groups -OCH3 is 1. The molecule has 20 heavy (non-hydrogen) atoms. The van der Waals surface area contributed by atoms with Gasteiger partial charge < -0.3 is 15.8 Å². The molecule has 1 amide bonds. The van der Waals surface area contributed by atoms with Crippen LogP contribution >= 0.6 is 12.4 Å². The van der Waals surface area contributed by atoms with Gasteiger partial charge in [-0.1, -0.05) is 26.3 Å². The number of nitrogens with two attached hydrogens (primary N) is 1. The van der Waals surface area contributed by atoms with Gasteiger partial charge in [-0.2, -0.15) is 0 Å². The first-order valence-corrected chi connectivity index (χ1v) is 6.65. The SMILES string of the molecule is CCC(C)C(N)C(=O)NCc1cc(C)cc(OC)c1.Cl. The van der Waals surface area contributed by atoms with E-state index in [0.29, 0.717) is 6.54 Å². The van der Waals surface area contributed by atoms with Crippen molar-refractivity contribution < 1.29 is 9.53 Å². The molecule has 3 N–H and O–H groups in total. The molecule has 2 unspecified atom stereocenters. The summed E-state index contributed by atoms with van der Waals surface area (Å²) in [5.41, 5.74) is 8.01. The lowest BCUT2D eigenvalue weighted by atomic mass is 9.99. The molecule has 0 aliphatic heterocycles. The first-order valence-electron chi connectivity index (χ1n) is 6.65. The van der Waals surface area contributed by atoms with E-state index in [-0.39, 0.29) is 24.2 Å². The number of carbonyl (C=O) groups excluding carboxylic acids is 1. The molecule has 4 nitrogen and oxygen atoms in total. The maximum Gasteiger partial charge on any atom is 0.237 e. The van der Waals surface area contributed by atoms with E-state index in [9.17, 15) is 4.79 Å². The van der Waals surface area contributed by atoms with Crippen molar-refractivity contribution >= 4 is 18.3 Å². The Labute approximate surface area is 127 Å². The van der Waals surface area contributed by atoms with Gasteiger partial charge in [-0.25, -0.2) is 0 Å². The van der Waals surface area contributed by atoms with Crippen molar-refractivity contribution in [1.29, 1.82) is 0 Å². The first-order chi connectivity index (χ1) is 8.97. The lowest BCUT2D eigenvalue weighted by Crippen LogP contribution is -2.44. The number of ether oxygens (including phenoxy) is 1. The van der Waals surface area contributed by atoms with Crippen molar-refractivity contribution in [3.8, 4) is 5.75 Å². The number of rotatable bonds is 6. The van der Waals surface area contributed by atoms with Crippen LogP contribution in [0.5, 0.6) is 5.75 Å². The van der Waals surface area contributed by atoms with Crippen LogP contribution in [0.3, 0.4) is 0 Å². The van der Waals surface area contributed by atoms with Gasteiger partial charge >= 0.3 is 0 Å². The summed E-state index contributed by atoms with van der Waals surface area (Å²) < 4.78 is 5.21. The molecule has 0 saturated carbocycles. The van der Waals surface area contributed by atoms with Gasteiger partial charge in [-0.05, 0) is 36.1 Å². The summed E-state index contributed by atoms with van der Waals surface area (Å²) in [6.07, 6.45) is 0.896. The molecule has 1 aromatic rings. The topological polar surface area (TPSA) is 64.4 Å². The van der Waals surface area contributed by atoms with Crippen molar-refractivity contribution in [3.63, 3.8) is 0 Å². The number of hydrogen-bond acceptors (Lipinski definition) is 3. The quantitative estimate of drug-likeness (QED) is 0.848. The van der Waals surface area contributed by atoms with Crippen molar-refractivity contribution in [1.82, 2.24) is 5.32 Å².